The maximum Gasteiger partial charge on any atom is 0.254 e. The van der Waals surface area contributed by atoms with Crippen LogP contribution in [0.2, 0.25) is 0 Å². The van der Waals surface area contributed by atoms with Crippen LogP contribution < -0.4 is 0 Å². The van der Waals surface area contributed by atoms with Gasteiger partial charge in [0, 0.05) is 31.3 Å². The van der Waals surface area contributed by atoms with Crippen LogP contribution in [-0.2, 0) is 11.3 Å². The molecule has 0 radical (unpaired) electrons. The predicted octanol–water partition coefficient (Wildman–Crippen LogP) is 4.94. The molecule has 4 rings (SSSR count). The lowest BCUT2D eigenvalue weighted by Crippen LogP contribution is -2.38. The molecule has 3 aromatic rings. The summed E-state index contributed by atoms with van der Waals surface area (Å²) in [6.07, 6.45) is 1.70. The molecule has 2 heterocycles. The summed E-state index contributed by atoms with van der Waals surface area (Å²) < 4.78 is 5.16. The number of piperidine rings is 1. The number of aromatic nitrogens is 3. The summed E-state index contributed by atoms with van der Waals surface area (Å²) in [6.45, 7) is 7.96. The normalized spacial score (nSPS) is 14.4. The molecule has 1 aliphatic rings. The van der Waals surface area contributed by atoms with E-state index < -0.39 is 0 Å². The van der Waals surface area contributed by atoms with Gasteiger partial charge in [-0.25, -0.2) is 0 Å². The van der Waals surface area contributed by atoms with Crippen LogP contribution in [0.15, 0.2) is 36.4 Å². The fourth-order valence-electron chi connectivity index (χ4n) is 4.78. The largest absolute Gasteiger partial charge is 0.377 e. The standard InChI is InChI=1S/C27H31N5O2/c1-17(2)22-13-18(3)23(14-24(22)26-29-25(16-34-4)30-31-26)27(33)32-11-9-19(10-12-32)21-8-6-5-7-20(21)15-28/h5-8,13-14,17,19H,9-12,16H2,1-4H3,(H,29,30,31). The van der Waals surface area contributed by atoms with Crippen molar-refractivity contribution in [3.63, 3.8) is 0 Å². The van der Waals surface area contributed by atoms with Gasteiger partial charge in [0.25, 0.3) is 5.91 Å². The van der Waals surface area contributed by atoms with Gasteiger partial charge in [0.15, 0.2) is 11.6 Å². The minimum Gasteiger partial charge on any atom is -0.377 e. The number of aryl methyl sites for hydroxylation is 1. The third-order valence-corrected chi connectivity index (χ3v) is 6.62. The van der Waals surface area contributed by atoms with Crippen LogP contribution in [0.5, 0.6) is 0 Å². The number of nitrogens with one attached hydrogen (secondary N) is 1. The van der Waals surface area contributed by atoms with E-state index in [0.29, 0.717) is 42.8 Å². The maximum absolute atomic E-state index is 13.6. The number of aromatic amines is 1. The van der Waals surface area contributed by atoms with E-state index in [-0.39, 0.29) is 11.8 Å². The Hall–Kier alpha value is -3.50. The van der Waals surface area contributed by atoms with Gasteiger partial charge in [-0.05, 0) is 60.4 Å². The first kappa shape index (κ1) is 23.7. The monoisotopic (exact) mass is 457 g/mol. The van der Waals surface area contributed by atoms with Gasteiger partial charge in [0.2, 0.25) is 0 Å². The second-order valence-corrected chi connectivity index (χ2v) is 9.23. The van der Waals surface area contributed by atoms with Crippen LogP contribution in [0.4, 0.5) is 0 Å². The molecule has 0 spiro atoms. The van der Waals surface area contributed by atoms with Crippen LogP contribution in [0.3, 0.4) is 0 Å². The average Bonchev–Trinajstić information content (AvgIpc) is 3.32. The Morgan fingerprint density at radius 3 is 2.65 bits per heavy atom. The predicted molar refractivity (Wildman–Crippen MR) is 130 cm³/mol. The molecule has 34 heavy (non-hydrogen) atoms. The second-order valence-electron chi connectivity index (χ2n) is 9.23. The maximum atomic E-state index is 13.6. The summed E-state index contributed by atoms with van der Waals surface area (Å²) >= 11 is 0. The number of likely N-dealkylation sites (tertiary alicyclic amines) is 1. The highest BCUT2D eigenvalue weighted by molar-refractivity contribution is 5.97. The molecule has 0 aliphatic carbocycles. The Balaban J connectivity index is 1.58. The number of rotatable bonds is 6. The first-order chi connectivity index (χ1) is 16.4. The molecule has 0 saturated carbocycles. The minimum absolute atomic E-state index is 0.0395. The van der Waals surface area contributed by atoms with Crippen LogP contribution in [-0.4, -0.2) is 46.2 Å². The van der Waals surface area contributed by atoms with E-state index in [2.05, 4.69) is 41.2 Å². The van der Waals surface area contributed by atoms with Crippen molar-refractivity contribution in [1.29, 1.82) is 5.26 Å². The van der Waals surface area contributed by atoms with E-state index in [1.807, 2.05) is 42.2 Å². The van der Waals surface area contributed by atoms with Gasteiger partial charge in [0.05, 0.1) is 11.6 Å². The highest BCUT2D eigenvalue weighted by Crippen LogP contribution is 2.33. The summed E-state index contributed by atoms with van der Waals surface area (Å²) in [6, 6.07) is 14.2. The number of hydrogen-bond acceptors (Lipinski definition) is 5. The number of amides is 1. The lowest BCUT2D eigenvalue weighted by Gasteiger charge is -2.33. The second kappa shape index (κ2) is 10.2. The van der Waals surface area contributed by atoms with Gasteiger partial charge in [0.1, 0.15) is 6.61 Å². The fourth-order valence-corrected chi connectivity index (χ4v) is 4.78. The van der Waals surface area contributed by atoms with Gasteiger partial charge in [-0.15, -0.1) is 10.2 Å². The van der Waals surface area contributed by atoms with Gasteiger partial charge < -0.3 is 14.6 Å². The van der Waals surface area contributed by atoms with Crippen molar-refractivity contribution >= 4 is 5.91 Å². The molecule has 176 valence electrons. The molecular weight excluding hydrogens is 426 g/mol. The first-order valence-electron chi connectivity index (χ1n) is 11.8. The summed E-state index contributed by atoms with van der Waals surface area (Å²) in [5.41, 5.74) is 5.51. The lowest BCUT2D eigenvalue weighted by atomic mass is 9.86. The van der Waals surface area contributed by atoms with E-state index >= 15 is 0 Å². The van der Waals surface area contributed by atoms with E-state index in [9.17, 15) is 10.1 Å². The Morgan fingerprint density at radius 1 is 1.24 bits per heavy atom. The topological polar surface area (TPSA) is 94.9 Å². The first-order valence-corrected chi connectivity index (χ1v) is 11.8. The SMILES string of the molecule is COCc1nnc(-c2cc(C(=O)N3CCC(c4ccccc4C#N)CC3)c(C)cc2C(C)C)[nH]1. The molecule has 1 aliphatic heterocycles. The zero-order chi connectivity index (χ0) is 24.2. The Labute approximate surface area is 200 Å². The number of methoxy groups -OCH3 is 1. The highest BCUT2D eigenvalue weighted by Gasteiger charge is 2.27. The van der Waals surface area contributed by atoms with Crippen LogP contribution in [0, 0.1) is 18.3 Å². The van der Waals surface area contributed by atoms with Crippen molar-refractivity contribution in [2.75, 3.05) is 20.2 Å². The molecule has 0 bridgehead atoms. The number of ether oxygens (including phenoxy) is 1. The molecule has 1 fully saturated rings. The van der Waals surface area contributed by atoms with Crippen LogP contribution in [0.1, 0.15) is 77.0 Å². The van der Waals surface area contributed by atoms with E-state index in [4.69, 9.17) is 4.74 Å². The summed E-state index contributed by atoms with van der Waals surface area (Å²) in [5, 5.41) is 17.9. The molecule has 1 N–H and O–H groups in total. The molecule has 1 saturated heterocycles. The number of carbonyl (C=O) groups is 1. The van der Waals surface area contributed by atoms with Gasteiger partial charge >= 0.3 is 0 Å². The number of hydrogen-bond donors (Lipinski definition) is 1. The Kier molecular flexibility index (Phi) is 7.09. The van der Waals surface area contributed by atoms with Gasteiger partial charge in [-0.1, -0.05) is 38.1 Å². The van der Waals surface area contributed by atoms with Crippen molar-refractivity contribution in [2.45, 2.75) is 52.1 Å². The third-order valence-electron chi connectivity index (χ3n) is 6.62. The lowest BCUT2D eigenvalue weighted by molar-refractivity contribution is 0.0712. The molecule has 1 amide bonds. The third kappa shape index (κ3) is 4.73. The average molecular weight is 458 g/mol. The van der Waals surface area contributed by atoms with Crippen molar-refractivity contribution in [1.82, 2.24) is 20.1 Å². The van der Waals surface area contributed by atoms with E-state index in [0.717, 1.165) is 40.7 Å². The Bertz CT molecular complexity index is 1220. The van der Waals surface area contributed by atoms with Gasteiger partial charge in [-0.2, -0.15) is 5.26 Å². The smallest absolute Gasteiger partial charge is 0.254 e. The van der Waals surface area contributed by atoms with Crippen LogP contribution in [0.25, 0.3) is 11.4 Å². The van der Waals surface area contributed by atoms with Crippen molar-refractivity contribution in [2.24, 2.45) is 0 Å². The zero-order valence-electron chi connectivity index (χ0n) is 20.3. The van der Waals surface area contributed by atoms with Crippen molar-refractivity contribution in [3.8, 4) is 17.5 Å². The molecular formula is C27H31N5O2. The minimum atomic E-state index is 0.0395. The molecule has 2 aromatic carbocycles. The van der Waals surface area contributed by atoms with Crippen LogP contribution >= 0.6 is 0 Å². The van der Waals surface area contributed by atoms with Gasteiger partial charge in [-0.3, -0.25) is 4.79 Å². The highest BCUT2D eigenvalue weighted by atomic mass is 16.5. The number of H-pyrrole nitrogens is 1. The fraction of sp³-hybridized carbons (Fsp3) is 0.407. The van der Waals surface area contributed by atoms with E-state index in [1.54, 1.807) is 7.11 Å². The quantitative estimate of drug-likeness (QED) is 0.566. The molecule has 1 aromatic heterocycles. The summed E-state index contributed by atoms with van der Waals surface area (Å²) in [7, 11) is 1.62. The number of nitriles is 1. The van der Waals surface area contributed by atoms with E-state index in [1.165, 1.54) is 0 Å². The zero-order valence-corrected chi connectivity index (χ0v) is 20.3. The molecule has 7 heteroatoms. The number of benzene rings is 2. The number of carbonyl (C=O) groups excluding carboxylic acids is 1. The van der Waals surface area contributed by atoms with Crippen molar-refractivity contribution in [3.05, 3.63) is 70.0 Å². The summed E-state index contributed by atoms with van der Waals surface area (Å²) in [5.74, 6) is 1.91. The number of nitrogens with zero attached hydrogens (tertiary/aromatic N) is 4. The summed E-state index contributed by atoms with van der Waals surface area (Å²) in [4.78, 5) is 18.7. The van der Waals surface area contributed by atoms with Crippen molar-refractivity contribution < 1.29 is 9.53 Å². The molecule has 0 atom stereocenters. The Morgan fingerprint density at radius 2 is 1.97 bits per heavy atom. The molecule has 0 unspecified atom stereocenters. The molecule has 7 nitrogen and oxygen atoms in total.